The maximum absolute atomic E-state index is 6.22. The Labute approximate surface area is 148 Å². The average molecular weight is 337 g/mol. The maximum Gasteiger partial charge on any atom is 0.0973 e. The minimum Gasteiger partial charge on any atom is -0.321 e. The predicted molar refractivity (Wildman–Crippen MR) is 104 cm³/mol. The van der Waals surface area contributed by atoms with E-state index in [9.17, 15) is 0 Å². The van der Waals surface area contributed by atoms with E-state index in [1.165, 1.54) is 61.8 Å². The van der Waals surface area contributed by atoms with Crippen molar-refractivity contribution in [2.24, 2.45) is 0 Å². The summed E-state index contributed by atoms with van der Waals surface area (Å²) in [6, 6.07) is 8.13. The second-order valence-corrected chi connectivity index (χ2v) is 6.97. The zero-order chi connectivity index (χ0) is 17.0. The molecule has 0 radical (unpaired) electrons. The summed E-state index contributed by atoms with van der Waals surface area (Å²) in [4.78, 5) is 0. The zero-order valence-electron chi connectivity index (χ0n) is 15.4. The largest absolute Gasteiger partial charge is 0.321 e. The number of hydrogen-bond donors (Lipinski definition) is 0. The van der Waals surface area contributed by atoms with Crippen LogP contribution in [0.1, 0.15) is 58.4 Å². The summed E-state index contributed by atoms with van der Waals surface area (Å²) < 4.78 is 1.21. The SMILES string of the molecule is CCCCCCC[N+](CC)(CC)C/C=C\Cc1ccccc1Cl. The summed E-state index contributed by atoms with van der Waals surface area (Å²) in [5, 5.41) is 0.875. The van der Waals surface area contributed by atoms with E-state index in [2.05, 4.69) is 45.1 Å². The van der Waals surface area contributed by atoms with Crippen molar-refractivity contribution in [1.29, 1.82) is 0 Å². The van der Waals surface area contributed by atoms with Gasteiger partial charge in [0.05, 0.1) is 26.2 Å². The van der Waals surface area contributed by atoms with Crippen LogP contribution in [-0.4, -0.2) is 30.7 Å². The Bertz CT molecular complexity index is 449. The summed E-state index contributed by atoms with van der Waals surface area (Å²) in [6.45, 7) is 11.8. The first-order valence-corrected chi connectivity index (χ1v) is 9.78. The van der Waals surface area contributed by atoms with Crippen molar-refractivity contribution in [3.8, 4) is 0 Å². The van der Waals surface area contributed by atoms with E-state index < -0.39 is 0 Å². The second kappa shape index (κ2) is 11.7. The van der Waals surface area contributed by atoms with Crippen LogP contribution in [-0.2, 0) is 6.42 Å². The molecule has 0 aliphatic heterocycles. The van der Waals surface area contributed by atoms with Crippen molar-refractivity contribution >= 4 is 11.6 Å². The highest BCUT2D eigenvalue weighted by Crippen LogP contribution is 2.16. The number of likely N-dealkylation sites (N-methyl/N-ethyl adjacent to an activating group) is 1. The van der Waals surface area contributed by atoms with Crippen LogP contribution in [0, 0.1) is 0 Å². The first-order chi connectivity index (χ1) is 11.2. The lowest BCUT2D eigenvalue weighted by Crippen LogP contribution is -2.48. The summed E-state index contributed by atoms with van der Waals surface area (Å²) in [6.07, 6.45) is 12.4. The van der Waals surface area contributed by atoms with Crippen molar-refractivity contribution in [1.82, 2.24) is 0 Å². The van der Waals surface area contributed by atoms with Crippen LogP contribution in [0.25, 0.3) is 0 Å². The molecule has 2 heteroatoms. The Morgan fingerprint density at radius 3 is 2.26 bits per heavy atom. The van der Waals surface area contributed by atoms with Crippen LogP contribution in [0.3, 0.4) is 0 Å². The third-order valence-electron chi connectivity index (χ3n) is 5.03. The Morgan fingerprint density at radius 1 is 0.913 bits per heavy atom. The van der Waals surface area contributed by atoms with Gasteiger partial charge < -0.3 is 4.48 Å². The van der Waals surface area contributed by atoms with Crippen LogP contribution in [0.5, 0.6) is 0 Å². The molecule has 0 aliphatic carbocycles. The summed E-state index contributed by atoms with van der Waals surface area (Å²) in [5.74, 6) is 0. The standard InChI is InChI=1S/C21H35ClN/c1-4-7-8-9-13-18-23(5-2,6-3)19-14-12-16-20-15-10-11-17-21(20)22/h10-12,14-15,17H,4-9,13,16,18-19H2,1-3H3/q+1/b14-12-. The molecule has 0 unspecified atom stereocenters. The maximum atomic E-state index is 6.22. The fourth-order valence-electron chi connectivity index (χ4n) is 3.11. The molecule has 1 aromatic carbocycles. The van der Waals surface area contributed by atoms with Gasteiger partial charge in [-0.3, -0.25) is 0 Å². The van der Waals surface area contributed by atoms with Crippen LogP contribution in [0.4, 0.5) is 0 Å². The third kappa shape index (κ3) is 7.54. The van der Waals surface area contributed by atoms with Gasteiger partial charge in [0.2, 0.25) is 0 Å². The van der Waals surface area contributed by atoms with Crippen molar-refractivity contribution in [2.75, 3.05) is 26.2 Å². The third-order valence-corrected chi connectivity index (χ3v) is 5.40. The molecule has 0 spiro atoms. The number of unbranched alkanes of at least 4 members (excludes halogenated alkanes) is 4. The van der Waals surface area contributed by atoms with Gasteiger partial charge in [-0.2, -0.15) is 0 Å². The molecule has 0 atom stereocenters. The van der Waals surface area contributed by atoms with E-state index in [0.29, 0.717) is 0 Å². The first kappa shape index (κ1) is 20.3. The van der Waals surface area contributed by atoms with Gasteiger partial charge in [0, 0.05) is 5.02 Å². The van der Waals surface area contributed by atoms with E-state index in [1.807, 2.05) is 12.1 Å². The van der Waals surface area contributed by atoms with Gasteiger partial charge in [-0.15, -0.1) is 0 Å². The quantitative estimate of drug-likeness (QED) is 0.240. The number of allylic oxidation sites excluding steroid dienone is 1. The predicted octanol–water partition coefficient (Wildman–Crippen LogP) is 6.27. The molecule has 0 N–H and O–H groups in total. The smallest absolute Gasteiger partial charge is 0.0973 e. The average Bonchev–Trinajstić information content (AvgIpc) is 2.58. The first-order valence-electron chi connectivity index (χ1n) is 9.41. The Kier molecular flexibility index (Phi) is 10.3. The number of benzene rings is 1. The van der Waals surface area contributed by atoms with Crippen molar-refractivity contribution in [3.05, 3.63) is 47.0 Å². The molecule has 130 valence electrons. The van der Waals surface area contributed by atoms with Crippen LogP contribution in [0.15, 0.2) is 36.4 Å². The fraction of sp³-hybridized carbons (Fsp3) is 0.619. The van der Waals surface area contributed by atoms with Gasteiger partial charge in [0.1, 0.15) is 0 Å². The van der Waals surface area contributed by atoms with E-state index >= 15 is 0 Å². The molecule has 0 aliphatic rings. The van der Waals surface area contributed by atoms with Gasteiger partial charge in [0.15, 0.2) is 0 Å². The molecule has 0 amide bonds. The molecular weight excluding hydrogens is 302 g/mol. The number of halogens is 1. The summed E-state index contributed by atoms with van der Waals surface area (Å²) >= 11 is 6.22. The van der Waals surface area contributed by atoms with Gasteiger partial charge in [-0.25, -0.2) is 0 Å². The normalized spacial score (nSPS) is 12.2. The molecular formula is C21H35ClN+. The molecule has 23 heavy (non-hydrogen) atoms. The highest BCUT2D eigenvalue weighted by Gasteiger charge is 2.20. The number of quaternary nitrogens is 1. The molecule has 0 heterocycles. The fourth-order valence-corrected chi connectivity index (χ4v) is 3.33. The number of nitrogens with zero attached hydrogens (tertiary/aromatic N) is 1. The Hall–Kier alpha value is -0.790. The molecule has 1 aromatic rings. The molecule has 0 saturated heterocycles. The highest BCUT2D eigenvalue weighted by molar-refractivity contribution is 6.31. The van der Waals surface area contributed by atoms with Crippen molar-refractivity contribution < 1.29 is 4.48 Å². The molecule has 0 aromatic heterocycles. The summed E-state index contributed by atoms with van der Waals surface area (Å²) in [5.41, 5.74) is 1.22. The molecule has 1 nitrogen and oxygen atoms in total. The van der Waals surface area contributed by atoms with E-state index in [4.69, 9.17) is 11.6 Å². The second-order valence-electron chi connectivity index (χ2n) is 6.56. The van der Waals surface area contributed by atoms with Crippen LogP contribution < -0.4 is 0 Å². The van der Waals surface area contributed by atoms with Gasteiger partial charge in [-0.1, -0.05) is 62.1 Å². The Balaban J connectivity index is 2.45. The lowest BCUT2D eigenvalue weighted by Gasteiger charge is -2.36. The topological polar surface area (TPSA) is 0 Å². The van der Waals surface area contributed by atoms with Gasteiger partial charge in [0.25, 0.3) is 0 Å². The zero-order valence-corrected chi connectivity index (χ0v) is 16.1. The summed E-state index contributed by atoms with van der Waals surface area (Å²) in [7, 11) is 0. The molecule has 0 bridgehead atoms. The highest BCUT2D eigenvalue weighted by atomic mass is 35.5. The van der Waals surface area contributed by atoms with E-state index in [0.717, 1.165) is 18.0 Å². The number of hydrogen-bond acceptors (Lipinski definition) is 0. The minimum absolute atomic E-state index is 0.875. The van der Waals surface area contributed by atoms with E-state index in [1.54, 1.807) is 0 Å². The monoisotopic (exact) mass is 336 g/mol. The minimum atomic E-state index is 0.875. The molecule has 0 fully saturated rings. The molecule has 1 rings (SSSR count). The van der Waals surface area contributed by atoms with Gasteiger partial charge in [-0.05, 0) is 50.8 Å². The lowest BCUT2D eigenvalue weighted by atomic mass is 10.1. The van der Waals surface area contributed by atoms with Crippen LogP contribution >= 0.6 is 11.6 Å². The Morgan fingerprint density at radius 2 is 1.61 bits per heavy atom. The van der Waals surface area contributed by atoms with E-state index in [-0.39, 0.29) is 0 Å². The van der Waals surface area contributed by atoms with Gasteiger partial charge >= 0.3 is 0 Å². The lowest BCUT2D eigenvalue weighted by molar-refractivity contribution is -0.919. The molecule has 0 saturated carbocycles. The number of rotatable bonds is 12. The van der Waals surface area contributed by atoms with Crippen molar-refractivity contribution in [2.45, 2.75) is 59.3 Å². The van der Waals surface area contributed by atoms with Crippen molar-refractivity contribution in [3.63, 3.8) is 0 Å². The van der Waals surface area contributed by atoms with Crippen LogP contribution in [0.2, 0.25) is 5.02 Å².